The number of rotatable bonds is 3. The summed E-state index contributed by atoms with van der Waals surface area (Å²) in [6.45, 7) is 4.05. The smallest absolute Gasteiger partial charge is 0.249 e. The summed E-state index contributed by atoms with van der Waals surface area (Å²) in [6, 6.07) is 7.81. The number of anilines is 1. The SMILES string of the molecule is CC1(C)CC(Nc2ncc(S(N)(=O)=O)s2)c2ccccc2O1. The number of nitrogens with two attached hydrogens (primary N) is 1. The number of nitrogens with one attached hydrogen (secondary N) is 1. The van der Waals surface area contributed by atoms with Gasteiger partial charge in [0.2, 0.25) is 10.0 Å². The van der Waals surface area contributed by atoms with E-state index in [-0.39, 0.29) is 15.9 Å². The number of aromatic nitrogens is 1. The first-order valence-corrected chi connectivity index (χ1v) is 9.14. The lowest BCUT2D eigenvalue weighted by molar-refractivity contribution is 0.0759. The van der Waals surface area contributed by atoms with E-state index >= 15 is 0 Å². The van der Waals surface area contributed by atoms with Crippen LogP contribution in [0.3, 0.4) is 0 Å². The van der Waals surface area contributed by atoms with E-state index < -0.39 is 10.0 Å². The highest BCUT2D eigenvalue weighted by Gasteiger charge is 2.34. The monoisotopic (exact) mass is 339 g/mol. The largest absolute Gasteiger partial charge is 0.487 e. The number of primary sulfonamides is 1. The van der Waals surface area contributed by atoms with Crippen molar-refractivity contribution in [3.63, 3.8) is 0 Å². The van der Waals surface area contributed by atoms with E-state index in [4.69, 9.17) is 9.88 Å². The van der Waals surface area contributed by atoms with Crippen LogP contribution in [0, 0.1) is 0 Å². The number of fused-ring (bicyclic) bond motifs is 1. The van der Waals surface area contributed by atoms with Crippen LogP contribution in [-0.2, 0) is 10.0 Å². The van der Waals surface area contributed by atoms with Crippen molar-refractivity contribution in [3.8, 4) is 5.75 Å². The zero-order valence-electron chi connectivity index (χ0n) is 12.2. The molecule has 3 N–H and O–H groups in total. The van der Waals surface area contributed by atoms with Gasteiger partial charge < -0.3 is 10.1 Å². The van der Waals surface area contributed by atoms with Crippen LogP contribution >= 0.6 is 11.3 Å². The number of benzene rings is 1. The number of hydrogen-bond acceptors (Lipinski definition) is 6. The highest BCUT2D eigenvalue weighted by molar-refractivity contribution is 7.91. The molecule has 0 fully saturated rings. The van der Waals surface area contributed by atoms with E-state index in [0.29, 0.717) is 5.13 Å². The van der Waals surface area contributed by atoms with Gasteiger partial charge in [0.05, 0.1) is 12.2 Å². The van der Waals surface area contributed by atoms with Crippen LogP contribution in [0.5, 0.6) is 5.75 Å². The van der Waals surface area contributed by atoms with Crippen molar-refractivity contribution in [2.75, 3.05) is 5.32 Å². The molecular weight excluding hydrogens is 322 g/mol. The molecule has 1 unspecified atom stereocenters. The third-order valence-electron chi connectivity index (χ3n) is 3.44. The Labute approximate surface area is 133 Å². The lowest BCUT2D eigenvalue weighted by Gasteiger charge is -2.37. The Morgan fingerprint density at radius 1 is 1.41 bits per heavy atom. The molecule has 1 atom stereocenters. The average molecular weight is 339 g/mol. The van der Waals surface area contributed by atoms with Crippen LogP contribution in [0.1, 0.15) is 31.9 Å². The molecule has 0 saturated heterocycles. The van der Waals surface area contributed by atoms with Gasteiger partial charge in [-0.15, -0.1) is 0 Å². The quantitative estimate of drug-likeness (QED) is 0.896. The molecule has 0 aliphatic carbocycles. The predicted octanol–water partition coefficient (Wildman–Crippen LogP) is 2.50. The van der Waals surface area contributed by atoms with Crippen LogP contribution in [0.25, 0.3) is 0 Å². The number of thiazole rings is 1. The van der Waals surface area contributed by atoms with Crippen molar-refractivity contribution in [1.29, 1.82) is 0 Å². The Bertz CT molecular complexity index is 799. The molecule has 1 aliphatic rings. The minimum absolute atomic E-state index is 0.000529. The van der Waals surface area contributed by atoms with Gasteiger partial charge >= 0.3 is 0 Å². The Balaban J connectivity index is 1.90. The minimum atomic E-state index is -3.71. The third-order valence-corrected chi connectivity index (χ3v) is 5.78. The second-order valence-electron chi connectivity index (χ2n) is 5.83. The van der Waals surface area contributed by atoms with E-state index in [0.717, 1.165) is 29.1 Å². The number of ether oxygens (including phenoxy) is 1. The van der Waals surface area contributed by atoms with Crippen molar-refractivity contribution >= 4 is 26.5 Å². The van der Waals surface area contributed by atoms with Gasteiger partial charge in [-0.25, -0.2) is 18.5 Å². The van der Waals surface area contributed by atoms with Crippen LogP contribution < -0.4 is 15.2 Å². The zero-order valence-corrected chi connectivity index (χ0v) is 13.9. The predicted molar refractivity (Wildman–Crippen MR) is 85.6 cm³/mol. The minimum Gasteiger partial charge on any atom is -0.487 e. The fourth-order valence-corrected chi connectivity index (χ4v) is 4.04. The van der Waals surface area contributed by atoms with Crippen molar-refractivity contribution in [1.82, 2.24) is 4.98 Å². The zero-order chi connectivity index (χ0) is 16.0. The van der Waals surface area contributed by atoms with E-state index in [2.05, 4.69) is 10.3 Å². The first-order chi connectivity index (χ1) is 10.2. The van der Waals surface area contributed by atoms with Gasteiger partial charge in [-0.2, -0.15) is 0 Å². The first kappa shape index (κ1) is 15.3. The van der Waals surface area contributed by atoms with E-state index in [1.807, 2.05) is 38.1 Å². The van der Waals surface area contributed by atoms with E-state index in [1.54, 1.807) is 0 Å². The molecule has 3 rings (SSSR count). The number of hydrogen-bond donors (Lipinski definition) is 2. The molecule has 6 nitrogen and oxygen atoms in total. The van der Waals surface area contributed by atoms with E-state index in [9.17, 15) is 8.42 Å². The van der Waals surface area contributed by atoms with E-state index in [1.165, 1.54) is 6.20 Å². The summed E-state index contributed by atoms with van der Waals surface area (Å²) in [5, 5.41) is 8.94. The maximum atomic E-state index is 11.3. The summed E-state index contributed by atoms with van der Waals surface area (Å²) in [5.74, 6) is 0.833. The second kappa shape index (κ2) is 5.22. The van der Waals surface area contributed by atoms with Gasteiger partial charge in [0, 0.05) is 12.0 Å². The standard InChI is InChI=1S/C14H17N3O3S2/c1-14(2)7-10(9-5-3-4-6-11(9)20-14)17-13-16-8-12(21-13)22(15,18)19/h3-6,8,10H,7H2,1-2H3,(H,16,17)(H2,15,18,19). The molecule has 118 valence electrons. The van der Waals surface area contributed by atoms with Gasteiger partial charge in [-0.1, -0.05) is 29.5 Å². The molecule has 2 heterocycles. The Kier molecular flexibility index (Phi) is 3.62. The molecular formula is C14H17N3O3S2. The lowest BCUT2D eigenvalue weighted by Crippen LogP contribution is -2.37. The lowest BCUT2D eigenvalue weighted by atomic mass is 9.90. The van der Waals surface area contributed by atoms with Gasteiger partial charge in [-0.05, 0) is 19.9 Å². The van der Waals surface area contributed by atoms with Crippen molar-refractivity contribution < 1.29 is 13.2 Å². The molecule has 2 aromatic rings. The first-order valence-electron chi connectivity index (χ1n) is 6.78. The topological polar surface area (TPSA) is 94.3 Å². The highest BCUT2D eigenvalue weighted by atomic mass is 32.2. The Morgan fingerprint density at radius 2 is 2.14 bits per heavy atom. The molecule has 0 spiro atoms. The number of nitrogens with zero attached hydrogens (tertiary/aromatic N) is 1. The molecule has 1 aromatic heterocycles. The Hall–Kier alpha value is -1.64. The average Bonchev–Trinajstić information content (AvgIpc) is 2.86. The summed E-state index contributed by atoms with van der Waals surface area (Å²) in [7, 11) is -3.71. The van der Waals surface area contributed by atoms with Crippen LogP contribution in [0.2, 0.25) is 0 Å². The molecule has 0 saturated carbocycles. The third kappa shape index (κ3) is 3.08. The van der Waals surface area contributed by atoms with Gasteiger partial charge in [0.1, 0.15) is 11.4 Å². The molecule has 1 aromatic carbocycles. The van der Waals surface area contributed by atoms with Crippen molar-refractivity contribution in [2.24, 2.45) is 5.14 Å². The Morgan fingerprint density at radius 3 is 2.82 bits per heavy atom. The maximum absolute atomic E-state index is 11.3. The van der Waals surface area contributed by atoms with Gasteiger partial charge in [-0.3, -0.25) is 0 Å². The van der Waals surface area contributed by atoms with Crippen LogP contribution in [0.4, 0.5) is 5.13 Å². The summed E-state index contributed by atoms with van der Waals surface area (Å²) in [6.07, 6.45) is 2.02. The summed E-state index contributed by atoms with van der Waals surface area (Å²) in [5.41, 5.74) is 0.723. The molecule has 1 aliphatic heterocycles. The number of para-hydroxylation sites is 1. The summed E-state index contributed by atoms with van der Waals surface area (Å²) < 4.78 is 28.7. The maximum Gasteiger partial charge on any atom is 0.249 e. The van der Waals surface area contributed by atoms with Crippen molar-refractivity contribution in [3.05, 3.63) is 36.0 Å². The summed E-state index contributed by atoms with van der Waals surface area (Å²) in [4.78, 5) is 4.10. The normalized spacial score (nSPS) is 20.0. The molecule has 22 heavy (non-hydrogen) atoms. The highest BCUT2D eigenvalue weighted by Crippen LogP contribution is 2.41. The second-order valence-corrected chi connectivity index (χ2v) is 8.65. The van der Waals surface area contributed by atoms with Gasteiger partial charge in [0.25, 0.3) is 0 Å². The van der Waals surface area contributed by atoms with Crippen LogP contribution in [0.15, 0.2) is 34.7 Å². The fraction of sp³-hybridized carbons (Fsp3) is 0.357. The molecule has 0 amide bonds. The molecule has 0 bridgehead atoms. The van der Waals surface area contributed by atoms with Crippen LogP contribution in [-0.4, -0.2) is 19.0 Å². The fourth-order valence-electron chi connectivity index (χ4n) is 2.54. The summed E-state index contributed by atoms with van der Waals surface area (Å²) >= 11 is 1.03. The molecule has 8 heteroatoms. The number of sulfonamides is 1. The van der Waals surface area contributed by atoms with Crippen molar-refractivity contribution in [2.45, 2.75) is 36.1 Å². The molecule has 0 radical (unpaired) electrons. The van der Waals surface area contributed by atoms with Gasteiger partial charge in [0.15, 0.2) is 9.34 Å².